The molecule has 2 aromatic heterocycles. The maximum Gasteiger partial charge on any atom is 0.0538 e. The molecule has 0 fully saturated rings. The van der Waals surface area contributed by atoms with Gasteiger partial charge in [0.15, 0.2) is 0 Å². The molecule has 2 N–H and O–H groups in total. The Hall–Kier alpha value is -1.72. The molecular formula is C16H25N5. The van der Waals surface area contributed by atoms with Crippen LogP contribution in [0.25, 0.3) is 0 Å². The van der Waals surface area contributed by atoms with Crippen LogP contribution in [-0.2, 0) is 13.1 Å². The van der Waals surface area contributed by atoms with E-state index in [9.17, 15) is 0 Å². The Morgan fingerprint density at radius 3 is 2.67 bits per heavy atom. The van der Waals surface area contributed by atoms with Crippen LogP contribution in [0.2, 0.25) is 0 Å². The van der Waals surface area contributed by atoms with Gasteiger partial charge in [0.25, 0.3) is 0 Å². The lowest BCUT2D eigenvalue weighted by Gasteiger charge is -2.29. The molecule has 0 aliphatic rings. The number of hydrogen-bond acceptors (Lipinski definition) is 4. The predicted molar refractivity (Wildman–Crippen MR) is 84.6 cm³/mol. The van der Waals surface area contributed by atoms with Gasteiger partial charge in [0.2, 0.25) is 0 Å². The normalized spacial score (nSPS) is 12.8. The molecule has 0 saturated heterocycles. The van der Waals surface area contributed by atoms with E-state index < -0.39 is 0 Å². The molecular weight excluding hydrogens is 262 g/mol. The van der Waals surface area contributed by atoms with Crippen LogP contribution in [0.4, 0.5) is 0 Å². The summed E-state index contributed by atoms with van der Waals surface area (Å²) >= 11 is 0. The van der Waals surface area contributed by atoms with E-state index in [1.165, 1.54) is 11.1 Å². The summed E-state index contributed by atoms with van der Waals surface area (Å²) in [5, 5.41) is 4.42. The van der Waals surface area contributed by atoms with E-state index in [2.05, 4.69) is 47.2 Å². The summed E-state index contributed by atoms with van der Waals surface area (Å²) in [6.07, 6.45) is 8.82. The third kappa shape index (κ3) is 4.12. The second-order valence-electron chi connectivity index (χ2n) is 5.21. The first kappa shape index (κ1) is 15.7. The van der Waals surface area contributed by atoms with Crippen LogP contribution in [-0.4, -0.2) is 32.8 Å². The lowest BCUT2D eigenvalue weighted by atomic mass is 10.1. The Morgan fingerprint density at radius 1 is 1.29 bits per heavy atom. The second-order valence-corrected chi connectivity index (χ2v) is 5.21. The Kier molecular flexibility index (Phi) is 5.90. The van der Waals surface area contributed by atoms with Gasteiger partial charge in [0.1, 0.15) is 0 Å². The number of likely N-dealkylation sites (N-methyl/N-ethyl adjacent to an activating group) is 1. The van der Waals surface area contributed by atoms with Crippen molar-refractivity contribution in [1.29, 1.82) is 0 Å². The molecule has 1 unspecified atom stereocenters. The van der Waals surface area contributed by atoms with Crippen molar-refractivity contribution < 1.29 is 0 Å². The average Bonchev–Trinajstić information content (AvgIpc) is 2.97. The van der Waals surface area contributed by atoms with E-state index in [1.807, 2.05) is 23.3 Å². The lowest BCUT2D eigenvalue weighted by molar-refractivity contribution is 0.203. The molecule has 0 aliphatic heterocycles. The minimum absolute atomic E-state index is 0.203. The number of aromatic nitrogens is 3. The Morgan fingerprint density at radius 2 is 2.05 bits per heavy atom. The molecule has 1 atom stereocenters. The highest BCUT2D eigenvalue weighted by molar-refractivity contribution is 5.14. The molecule has 5 nitrogen and oxygen atoms in total. The van der Waals surface area contributed by atoms with Gasteiger partial charge in [-0.05, 0) is 30.7 Å². The zero-order chi connectivity index (χ0) is 15.1. The van der Waals surface area contributed by atoms with E-state index in [0.29, 0.717) is 6.54 Å². The van der Waals surface area contributed by atoms with Crippen molar-refractivity contribution in [3.63, 3.8) is 0 Å². The van der Waals surface area contributed by atoms with Crippen molar-refractivity contribution >= 4 is 0 Å². The molecule has 5 heteroatoms. The monoisotopic (exact) mass is 287 g/mol. The molecule has 21 heavy (non-hydrogen) atoms. The minimum Gasteiger partial charge on any atom is -0.329 e. The second kappa shape index (κ2) is 7.90. The number of nitrogens with two attached hydrogens (primary N) is 1. The predicted octanol–water partition coefficient (Wildman–Crippen LogP) is 2.21. The Bertz CT molecular complexity index is 522. The van der Waals surface area contributed by atoms with Gasteiger partial charge in [-0.15, -0.1) is 0 Å². The number of aryl methyl sites for hydroxylation is 1. The molecule has 114 valence electrons. The zero-order valence-electron chi connectivity index (χ0n) is 12.9. The topological polar surface area (TPSA) is 60.0 Å². The van der Waals surface area contributed by atoms with Crippen molar-refractivity contribution in [3.8, 4) is 0 Å². The van der Waals surface area contributed by atoms with Gasteiger partial charge in [-0.2, -0.15) is 5.10 Å². The summed E-state index contributed by atoms with van der Waals surface area (Å²) in [5.74, 6) is 0. The van der Waals surface area contributed by atoms with Crippen LogP contribution in [0.5, 0.6) is 0 Å². The number of nitrogens with zero attached hydrogens (tertiary/aromatic N) is 4. The Balaban J connectivity index is 2.12. The van der Waals surface area contributed by atoms with Crippen LogP contribution >= 0.6 is 0 Å². The quantitative estimate of drug-likeness (QED) is 0.808. The van der Waals surface area contributed by atoms with Crippen LogP contribution in [0.15, 0.2) is 36.9 Å². The summed E-state index contributed by atoms with van der Waals surface area (Å²) < 4.78 is 2.00. The summed E-state index contributed by atoms with van der Waals surface area (Å²) in [6.45, 7) is 7.69. The van der Waals surface area contributed by atoms with E-state index in [4.69, 9.17) is 5.73 Å². The van der Waals surface area contributed by atoms with Crippen molar-refractivity contribution in [2.45, 2.75) is 39.4 Å². The summed E-state index contributed by atoms with van der Waals surface area (Å²) in [6, 6.07) is 4.31. The van der Waals surface area contributed by atoms with Gasteiger partial charge in [-0.25, -0.2) is 0 Å². The van der Waals surface area contributed by atoms with E-state index >= 15 is 0 Å². The van der Waals surface area contributed by atoms with Gasteiger partial charge in [-0.1, -0.05) is 13.8 Å². The van der Waals surface area contributed by atoms with Crippen LogP contribution < -0.4 is 5.73 Å². The highest BCUT2D eigenvalue weighted by atomic mass is 15.3. The fraction of sp³-hybridized carbons (Fsp3) is 0.500. The van der Waals surface area contributed by atoms with Crippen molar-refractivity contribution in [2.75, 3.05) is 13.1 Å². The zero-order valence-corrected chi connectivity index (χ0v) is 12.9. The van der Waals surface area contributed by atoms with Gasteiger partial charge >= 0.3 is 0 Å². The fourth-order valence-corrected chi connectivity index (χ4v) is 2.56. The summed E-state index contributed by atoms with van der Waals surface area (Å²) in [5.41, 5.74) is 8.48. The maximum absolute atomic E-state index is 6.03. The van der Waals surface area contributed by atoms with Crippen molar-refractivity contribution in [1.82, 2.24) is 19.7 Å². The number of pyridine rings is 1. The molecule has 0 aliphatic carbocycles. The van der Waals surface area contributed by atoms with Crippen LogP contribution in [0, 0.1) is 0 Å². The smallest absolute Gasteiger partial charge is 0.0538 e. The van der Waals surface area contributed by atoms with E-state index in [0.717, 1.165) is 26.1 Å². The standard InChI is InChI=1S/C16H25N5/c1-3-9-21-13-15(11-19-21)16(10-17)20(4-2)12-14-5-7-18-8-6-14/h5-8,11,13,16H,3-4,9-10,12,17H2,1-2H3. The largest absolute Gasteiger partial charge is 0.329 e. The highest BCUT2D eigenvalue weighted by Gasteiger charge is 2.19. The fourth-order valence-electron chi connectivity index (χ4n) is 2.56. The molecule has 0 radical (unpaired) electrons. The summed E-state index contributed by atoms with van der Waals surface area (Å²) in [7, 11) is 0. The van der Waals surface area contributed by atoms with Crippen molar-refractivity contribution in [2.24, 2.45) is 5.73 Å². The third-order valence-electron chi connectivity index (χ3n) is 3.70. The number of hydrogen-bond donors (Lipinski definition) is 1. The van der Waals surface area contributed by atoms with Gasteiger partial charge in [-0.3, -0.25) is 14.6 Å². The van der Waals surface area contributed by atoms with Crippen molar-refractivity contribution in [3.05, 3.63) is 48.0 Å². The van der Waals surface area contributed by atoms with Crippen LogP contribution in [0.3, 0.4) is 0 Å². The van der Waals surface area contributed by atoms with Gasteiger partial charge < -0.3 is 5.73 Å². The van der Waals surface area contributed by atoms with Crippen LogP contribution in [0.1, 0.15) is 37.4 Å². The molecule has 2 rings (SSSR count). The Labute approximate surface area is 126 Å². The van der Waals surface area contributed by atoms with E-state index in [-0.39, 0.29) is 6.04 Å². The molecule has 0 amide bonds. The third-order valence-corrected chi connectivity index (χ3v) is 3.70. The SMILES string of the molecule is CCCn1cc(C(CN)N(CC)Cc2ccncc2)cn1. The average molecular weight is 287 g/mol. The first-order chi connectivity index (χ1) is 10.3. The molecule has 2 heterocycles. The minimum atomic E-state index is 0.203. The van der Waals surface area contributed by atoms with Gasteiger partial charge in [0, 0.05) is 43.8 Å². The molecule has 0 aromatic carbocycles. The highest BCUT2D eigenvalue weighted by Crippen LogP contribution is 2.21. The molecule has 0 bridgehead atoms. The summed E-state index contributed by atoms with van der Waals surface area (Å²) in [4.78, 5) is 6.45. The molecule has 2 aromatic rings. The van der Waals surface area contributed by atoms with Gasteiger partial charge in [0.05, 0.1) is 12.2 Å². The first-order valence-electron chi connectivity index (χ1n) is 7.63. The number of rotatable bonds is 8. The maximum atomic E-state index is 6.03. The van der Waals surface area contributed by atoms with E-state index in [1.54, 1.807) is 0 Å². The lowest BCUT2D eigenvalue weighted by Crippen LogP contribution is -2.33. The molecule has 0 spiro atoms. The molecule has 0 saturated carbocycles. The first-order valence-corrected chi connectivity index (χ1v) is 7.63.